The molecule has 0 unspecified atom stereocenters. The monoisotopic (exact) mass is 314 g/mol. The second kappa shape index (κ2) is 5.99. The molecule has 0 aliphatic heterocycles. The number of allylic oxidation sites excluding steroid dienone is 1. The average Bonchev–Trinajstić information content (AvgIpc) is 2.17. The van der Waals surface area contributed by atoms with Crippen LogP contribution in [0.15, 0.2) is 10.2 Å². The van der Waals surface area contributed by atoms with Crippen LogP contribution in [0.2, 0.25) is 13.3 Å². The van der Waals surface area contributed by atoms with Gasteiger partial charge < -0.3 is 0 Å². The van der Waals surface area contributed by atoms with Crippen LogP contribution in [0.4, 0.5) is 0 Å². The third kappa shape index (κ3) is 4.64. The van der Waals surface area contributed by atoms with Gasteiger partial charge in [-0.05, 0) is 0 Å². The molecule has 1 heteroatoms. The van der Waals surface area contributed by atoms with E-state index in [4.69, 9.17) is 0 Å². The molecule has 0 aliphatic rings. The summed E-state index contributed by atoms with van der Waals surface area (Å²) in [5.74, 6) is 6.70. The summed E-state index contributed by atoms with van der Waals surface area (Å²) in [7, 11) is 0. The summed E-state index contributed by atoms with van der Waals surface area (Å²) < 4.78 is 5.37. The van der Waals surface area contributed by atoms with Gasteiger partial charge in [-0.2, -0.15) is 0 Å². The molecular formula is C14H26Sn. The number of hydrogen-bond donors (Lipinski definition) is 0. The summed E-state index contributed by atoms with van der Waals surface area (Å²) in [6, 6.07) is 0. The molecule has 0 aromatic heterocycles. The number of hydrogen-bond acceptors (Lipinski definition) is 0. The Kier molecular flexibility index (Phi) is 6.03. The van der Waals surface area contributed by atoms with Gasteiger partial charge in [0.15, 0.2) is 0 Å². The Morgan fingerprint density at radius 1 is 1.07 bits per heavy atom. The molecule has 0 atom stereocenters. The Labute approximate surface area is 100 Å². The van der Waals surface area contributed by atoms with Gasteiger partial charge in [0.05, 0.1) is 0 Å². The van der Waals surface area contributed by atoms with Crippen molar-refractivity contribution in [2.24, 2.45) is 5.41 Å². The Balaban J connectivity index is 4.88. The van der Waals surface area contributed by atoms with Crippen molar-refractivity contribution in [1.29, 1.82) is 0 Å². The first-order valence-corrected chi connectivity index (χ1v) is 13.5. The third-order valence-electron chi connectivity index (χ3n) is 3.26. The van der Waals surface area contributed by atoms with Crippen LogP contribution in [0.3, 0.4) is 0 Å². The van der Waals surface area contributed by atoms with Gasteiger partial charge in [0.2, 0.25) is 0 Å². The molecule has 0 nitrogen and oxygen atoms in total. The first kappa shape index (κ1) is 15.1. The molecule has 0 saturated heterocycles. The molecule has 86 valence electrons. The minimum atomic E-state index is -2.07. The SMILES string of the molecule is C=[C](C#CC(C)(C)C)[Sn]([CH2]C)([CH2]C)[CH2]C. The molecule has 0 N–H and O–H groups in total. The van der Waals surface area contributed by atoms with E-state index in [1.807, 2.05) is 0 Å². The summed E-state index contributed by atoms with van der Waals surface area (Å²) in [6.07, 6.45) is 0. The van der Waals surface area contributed by atoms with E-state index in [0.717, 1.165) is 0 Å². The summed E-state index contributed by atoms with van der Waals surface area (Å²) in [5, 5.41) is 0. The maximum atomic E-state index is 4.26. The zero-order valence-electron chi connectivity index (χ0n) is 11.3. The van der Waals surface area contributed by atoms with Crippen LogP contribution in [0.25, 0.3) is 0 Å². The molecule has 0 fully saturated rings. The summed E-state index contributed by atoms with van der Waals surface area (Å²) >= 11 is -2.07. The van der Waals surface area contributed by atoms with Gasteiger partial charge in [-0.1, -0.05) is 0 Å². The topological polar surface area (TPSA) is 0 Å². The molecule has 0 rings (SSSR count). The van der Waals surface area contributed by atoms with Crippen molar-refractivity contribution >= 4 is 18.4 Å². The molecular weight excluding hydrogens is 287 g/mol. The standard InChI is InChI=1S/C8H11.3C2H5.Sn/c1-5-6-7-8(2,3)4;3*1-2;/h1H2,2-4H3;3*1H2,2H3;. The normalized spacial score (nSPS) is 11.9. The Bertz CT molecular complexity index is 258. The molecule has 0 aromatic rings. The fraction of sp³-hybridized carbons (Fsp3) is 0.714. The zero-order chi connectivity index (χ0) is 12.1. The minimum absolute atomic E-state index is 0.107. The van der Waals surface area contributed by atoms with E-state index < -0.39 is 18.4 Å². The molecule has 15 heavy (non-hydrogen) atoms. The van der Waals surface area contributed by atoms with Gasteiger partial charge in [0.25, 0.3) is 0 Å². The van der Waals surface area contributed by atoms with Gasteiger partial charge in [0, 0.05) is 0 Å². The Morgan fingerprint density at radius 2 is 1.47 bits per heavy atom. The first-order chi connectivity index (χ1) is 6.81. The van der Waals surface area contributed by atoms with Crippen LogP contribution in [-0.4, -0.2) is 18.4 Å². The van der Waals surface area contributed by atoms with Crippen molar-refractivity contribution in [1.82, 2.24) is 0 Å². The van der Waals surface area contributed by atoms with E-state index in [1.54, 1.807) is 0 Å². The summed E-state index contributed by atoms with van der Waals surface area (Å²) in [5.41, 5.74) is 0.107. The fourth-order valence-electron chi connectivity index (χ4n) is 1.79. The Hall–Kier alpha value is 0.0987. The number of rotatable bonds is 4. The molecule has 0 spiro atoms. The van der Waals surface area contributed by atoms with Crippen LogP contribution < -0.4 is 0 Å². The third-order valence-corrected chi connectivity index (χ3v) is 18.9. The Morgan fingerprint density at radius 3 is 1.73 bits per heavy atom. The van der Waals surface area contributed by atoms with Crippen LogP contribution in [0, 0.1) is 17.3 Å². The molecule has 0 bridgehead atoms. The second-order valence-corrected chi connectivity index (χ2v) is 20.4. The van der Waals surface area contributed by atoms with Crippen molar-refractivity contribution in [2.75, 3.05) is 0 Å². The van der Waals surface area contributed by atoms with E-state index >= 15 is 0 Å². The van der Waals surface area contributed by atoms with Crippen LogP contribution in [-0.2, 0) is 0 Å². The summed E-state index contributed by atoms with van der Waals surface area (Å²) in [4.78, 5) is 0. The molecule has 0 heterocycles. The van der Waals surface area contributed by atoms with E-state index in [1.165, 1.54) is 16.9 Å². The summed E-state index contributed by atoms with van der Waals surface area (Å²) in [6.45, 7) is 17.7. The van der Waals surface area contributed by atoms with Crippen LogP contribution >= 0.6 is 0 Å². The molecule has 0 saturated carbocycles. The second-order valence-electron chi connectivity index (χ2n) is 5.32. The fourth-order valence-corrected chi connectivity index (χ4v) is 10.7. The van der Waals surface area contributed by atoms with Gasteiger partial charge >= 0.3 is 101 Å². The predicted octanol–water partition coefficient (Wildman–Crippen LogP) is 4.64. The van der Waals surface area contributed by atoms with Crippen molar-refractivity contribution in [3.63, 3.8) is 0 Å². The van der Waals surface area contributed by atoms with E-state index in [-0.39, 0.29) is 5.41 Å². The van der Waals surface area contributed by atoms with Crippen molar-refractivity contribution in [3.8, 4) is 11.8 Å². The van der Waals surface area contributed by atoms with E-state index in [2.05, 4.69) is 60.0 Å². The first-order valence-electron chi connectivity index (χ1n) is 6.04. The van der Waals surface area contributed by atoms with Gasteiger partial charge in [-0.15, -0.1) is 0 Å². The van der Waals surface area contributed by atoms with E-state index in [0.29, 0.717) is 0 Å². The molecule has 0 aromatic carbocycles. The maximum absolute atomic E-state index is 4.26. The van der Waals surface area contributed by atoms with Crippen LogP contribution in [0.5, 0.6) is 0 Å². The average molecular weight is 313 g/mol. The zero-order valence-corrected chi connectivity index (χ0v) is 14.2. The van der Waals surface area contributed by atoms with Crippen molar-refractivity contribution < 1.29 is 0 Å². The van der Waals surface area contributed by atoms with E-state index in [9.17, 15) is 0 Å². The molecule has 0 amide bonds. The van der Waals surface area contributed by atoms with Gasteiger partial charge in [0.1, 0.15) is 0 Å². The van der Waals surface area contributed by atoms with Crippen molar-refractivity contribution in [2.45, 2.75) is 54.9 Å². The van der Waals surface area contributed by atoms with Gasteiger partial charge in [-0.3, -0.25) is 0 Å². The molecule has 0 aliphatic carbocycles. The molecule has 0 radical (unpaired) electrons. The van der Waals surface area contributed by atoms with Crippen LogP contribution in [0.1, 0.15) is 41.5 Å². The van der Waals surface area contributed by atoms with Crippen molar-refractivity contribution in [3.05, 3.63) is 10.2 Å². The van der Waals surface area contributed by atoms with Gasteiger partial charge in [-0.25, -0.2) is 0 Å². The predicted molar refractivity (Wildman–Crippen MR) is 73.6 cm³/mol. The quantitative estimate of drug-likeness (QED) is 0.524.